The van der Waals surface area contributed by atoms with Gasteiger partial charge in [0, 0.05) is 18.8 Å². The number of nitrogens with one attached hydrogen (secondary N) is 1. The lowest BCUT2D eigenvalue weighted by Crippen LogP contribution is -2.34. The molecule has 0 fully saturated rings. The molecule has 0 saturated heterocycles. The molecule has 0 aliphatic carbocycles. The molecule has 154 valence electrons. The van der Waals surface area contributed by atoms with Crippen LogP contribution in [-0.4, -0.2) is 44.8 Å². The fourth-order valence-corrected chi connectivity index (χ4v) is 3.43. The third-order valence-corrected chi connectivity index (χ3v) is 5.60. The zero-order valence-electron chi connectivity index (χ0n) is 16.0. The Morgan fingerprint density at radius 2 is 1.72 bits per heavy atom. The Bertz CT molecular complexity index is 987. The van der Waals surface area contributed by atoms with E-state index in [0.717, 1.165) is 34.1 Å². The van der Waals surface area contributed by atoms with Gasteiger partial charge in [-0.15, -0.1) is 0 Å². The molecule has 29 heavy (non-hydrogen) atoms. The van der Waals surface area contributed by atoms with Crippen LogP contribution in [0.4, 0.5) is 10.1 Å². The first-order valence-corrected chi connectivity index (χ1v) is 10.1. The number of anilines is 1. The molecule has 1 amide bonds. The normalized spacial score (nSPS) is 11.6. The molecule has 1 N–H and O–H groups in total. The molecule has 0 saturated carbocycles. The van der Waals surface area contributed by atoms with Gasteiger partial charge in [0.15, 0.2) is 0 Å². The Balaban J connectivity index is 1.96. The number of carbonyl (C=O) groups is 2. The van der Waals surface area contributed by atoms with Crippen molar-refractivity contribution in [2.24, 2.45) is 0 Å². The van der Waals surface area contributed by atoms with Gasteiger partial charge in [0.25, 0.3) is 0 Å². The number of nitrogens with zero attached hydrogens (tertiary/aromatic N) is 1. The monoisotopic (exact) mass is 420 g/mol. The molecule has 0 radical (unpaired) electrons. The first kappa shape index (κ1) is 22.3. The van der Waals surface area contributed by atoms with Gasteiger partial charge in [-0.25, -0.2) is 17.6 Å². The SMILES string of the molecule is CCOC(=O)/C=C/c1ccc(NC(=O)CN(C)S(=O)(=O)c2ccc(F)cc2)cc1. The summed E-state index contributed by atoms with van der Waals surface area (Å²) in [6, 6.07) is 11.0. The summed E-state index contributed by atoms with van der Waals surface area (Å²) in [5.74, 6) is -1.53. The Morgan fingerprint density at radius 1 is 1.10 bits per heavy atom. The van der Waals surface area contributed by atoms with Gasteiger partial charge in [0.1, 0.15) is 5.82 Å². The van der Waals surface area contributed by atoms with Crippen molar-refractivity contribution in [2.45, 2.75) is 11.8 Å². The van der Waals surface area contributed by atoms with Crippen LogP contribution < -0.4 is 5.32 Å². The van der Waals surface area contributed by atoms with E-state index in [0.29, 0.717) is 12.3 Å². The van der Waals surface area contributed by atoms with E-state index in [2.05, 4.69) is 5.32 Å². The highest BCUT2D eigenvalue weighted by atomic mass is 32.2. The number of amides is 1. The molecule has 2 rings (SSSR count). The summed E-state index contributed by atoms with van der Waals surface area (Å²) in [6.45, 7) is 1.59. The number of esters is 1. The number of ether oxygens (including phenoxy) is 1. The van der Waals surface area contributed by atoms with E-state index in [4.69, 9.17) is 4.74 Å². The number of hydrogen-bond acceptors (Lipinski definition) is 5. The highest BCUT2D eigenvalue weighted by molar-refractivity contribution is 7.89. The third-order valence-electron chi connectivity index (χ3n) is 3.78. The van der Waals surface area contributed by atoms with Crippen LogP contribution in [0.15, 0.2) is 59.5 Å². The second kappa shape index (κ2) is 9.94. The topological polar surface area (TPSA) is 92.8 Å². The molecule has 0 unspecified atom stereocenters. The summed E-state index contributed by atoms with van der Waals surface area (Å²) in [5, 5.41) is 2.60. The summed E-state index contributed by atoms with van der Waals surface area (Å²) in [4.78, 5) is 23.4. The van der Waals surface area contributed by atoms with Crippen LogP contribution in [0.2, 0.25) is 0 Å². The Labute approximate surface area is 168 Å². The maximum atomic E-state index is 13.0. The van der Waals surface area contributed by atoms with Gasteiger partial charge in [-0.3, -0.25) is 4.79 Å². The Hall–Kier alpha value is -3.04. The maximum Gasteiger partial charge on any atom is 0.330 e. The summed E-state index contributed by atoms with van der Waals surface area (Å²) in [7, 11) is -2.65. The van der Waals surface area contributed by atoms with Gasteiger partial charge in [-0.05, 0) is 55.0 Å². The van der Waals surface area contributed by atoms with Crippen LogP contribution >= 0.6 is 0 Å². The molecule has 9 heteroatoms. The van der Waals surface area contributed by atoms with Gasteiger partial charge in [0.05, 0.1) is 18.0 Å². The fraction of sp³-hybridized carbons (Fsp3) is 0.200. The molecule has 7 nitrogen and oxygen atoms in total. The number of likely N-dealkylation sites (N-methyl/N-ethyl adjacent to an activating group) is 1. The molecule has 0 heterocycles. The van der Waals surface area contributed by atoms with Crippen LogP contribution in [-0.2, 0) is 24.3 Å². The average Bonchev–Trinajstić information content (AvgIpc) is 2.68. The predicted molar refractivity (Wildman–Crippen MR) is 107 cm³/mol. The number of halogens is 1. The van der Waals surface area contributed by atoms with Crippen molar-refractivity contribution < 1.29 is 27.1 Å². The van der Waals surface area contributed by atoms with Gasteiger partial charge in [0.2, 0.25) is 15.9 Å². The van der Waals surface area contributed by atoms with Crippen LogP contribution in [0, 0.1) is 5.82 Å². The minimum Gasteiger partial charge on any atom is -0.463 e. The van der Waals surface area contributed by atoms with Crippen molar-refractivity contribution in [1.82, 2.24) is 4.31 Å². The second-order valence-electron chi connectivity index (χ2n) is 5.97. The van der Waals surface area contributed by atoms with Crippen molar-refractivity contribution in [1.29, 1.82) is 0 Å². The van der Waals surface area contributed by atoms with Gasteiger partial charge < -0.3 is 10.1 Å². The number of rotatable bonds is 8. The summed E-state index contributed by atoms with van der Waals surface area (Å²) in [5.41, 5.74) is 1.20. The van der Waals surface area contributed by atoms with Gasteiger partial charge in [-0.2, -0.15) is 4.31 Å². The molecule has 0 atom stereocenters. The van der Waals surface area contributed by atoms with Gasteiger partial charge >= 0.3 is 5.97 Å². The van der Waals surface area contributed by atoms with Crippen LogP contribution in [0.25, 0.3) is 6.08 Å². The Morgan fingerprint density at radius 3 is 2.31 bits per heavy atom. The third kappa shape index (κ3) is 6.51. The van der Waals surface area contributed by atoms with Crippen LogP contribution in [0.3, 0.4) is 0 Å². The lowest BCUT2D eigenvalue weighted by atomic mass is 10.2. The summed E-state index contributed by atoms with van der Waals surface area (Å²) in [6.07, 6.45) is 2.87. The standard InChI is InChI=1S/C20H21FN2O5S/c1-3-28-20(25)13-6-15-4-9-17(10-5-15)22-19(24)14-23(2)29(26,27)18-11-7-16(21)8-12-18/h4-13H,3,14H2,1-2H3,(H,22,24)/b13-6+. The van der Waals surface area contributed by atoms with Crippen molar-refractivity contribution in [3.8, 4) is 0 Å². The lowest BCUT2D eigenvalue weighted by molar-refractivity contribution is -0.137. The molecule has 0 aliphatic rings. The summed E-state index contributed by atoms with van der Waals surface area (Å²) >= 11 is 0. The summed E-state index contributed by atoms with van der Waals surface area (Å²) < 4.78 is 43.5. The van der Waals surface area contributed by atoms with Crippen molar-refractivity contribution in [2.75, 3.05) is 25.5 Å². The quantitative estimate of drug-likeness (QED) is 0.524. The molecule has 0 bridgehead atoms. The van der Waals surface area contributed by atoms with E-state index in [1.807, 2.05) is 0 Å². The van der Waals surface area contributed by atoms with Crippen molar-refractivity contribution in [3.63, 3.8) is 0 Å². The zero-order valence-corrected chi connectivity index (χ0v) is 16.8. The Kier molecular flexibility index (Phi) is 7.63. The largest absolute Gasteiger partial charge is 0.463 e. The molecular weight excluding hydrogens is 399 g/mol. The minimum absolute atomic E-state index is 0.105. The molecule has 0 aromatic heterocycles. The molecule has 2 aromatic carbocycles. The number of sulfonamides is 1. The van der Waals surface area contributed by atoms with E-state index in [1.165, 1.54) is 13.1 Å². The smallest absolute Gasteiger partial charge is 0.330 e. The molecule has 0 aliphatic heterocycles. The van der Waals surface area contributed by atoms with Crippen LogP contribution in [0.1, 0.15) is 12.5 Å². The van der Waals surface area contributed by atoms with E-state index in [-0.39, 0.29) is 4.90 Å². The van der Waals surface area contributed by atoms with Gasteiger partial charge in [-0.1, -0.05) is 12.1 Å². The number of carbonyl (C=O) groups excluding carboxylic acids is 2. The van der Waals surface area contributed by atoms with Crippen LogP contribution in [0.5, 0.6) is 0 Å². The fourth-order valence-electron chi connectivity index (χ4n) is 2.31. The van der Waals surface area contributed by atoms with E-state index >= 15 is 0 Å². The predicted octanol–water partition coefficient (Wildman–Crippen LogP) is 2.66. The molecule has 0 spiro atoms. The van der Waals surface area contributed by atoms with Crippen molar-refractivity contribution >= 4 is 33.7 Å². The molecule has 2 aromatic rings. The number of hydrogen-bond donors (Lipinski definition) is 1. The zero-order chi connectivity index (χ0) is 21.4. The van der Waals surface area contributed by atoms with E-state index in [1.54, 1.807) is 37.3 Å². The second-order valence-corrected chi connectivity index (χ2v) is 8.02. The minimum atomic E-state index is -3.92. The van der Waals surface area contributed by atoms with Crippen molar-refractivity contribution in [3.05, 3.63) is 66.0 Å². The van der Waals surface area contributed by atoms with E-state index in [9.17, 15) is 22.4 Å². The first-order chi connectivity index (χ1) is 13.7. The maximum absolute atomic E-state index is 13.0. The first-order valence-electron chi connectivity index (χ1n) is 8.69. The highest BCUT2D eigenvalue weighted by Gasteiger charge is 2.23. The highest BCUT2D eigenvalue weighted by Crippen LogP contribution is 2.15. The lowest BCUT2D eigenvalue weighted by Gasteiger charge is -2.17. The average molecular weight is 420 g/mol. The van der Waals surface area contributed by atoms with E-state index < -0.39 is 34.3 Å². The molecular formula is C20H21FN2O5S. The number of benzene rings is 2.